The van der Waals surface area contributed by atoms with E-state index < -0.39 is 0 Å². The van der Waals surface area contributed by atoms with Gasteiger partial charge in [0, 0.05) is 18.0 Å². The van der Waals surface area contributed by atoms with E-state index in [0.717, 1.165) is 22.4 Å². The van der Waals surface area contributed by atoms with E-state index in [9.17, 15) is 5.11 Å². The molecule has 27 heavy (non-hydrogen) atoms. The van der Waals surface area contributed by atoms with Crippen molar-refractivity contribution >= 4 is 29.1 Å². The molecule has 4 nitrogen and oxygen atoms in total. The smallest absolute Gasteiger partial charge is 0.317 e. The van der Waals surface area contributed by atoms with Crippen molar-refractivity contribution in [1.82, 2.24) is 8.97 Å². The van der Waals surface area contributed by atoms with Crippen LogP contribution in [0, 0.1) is 4.64 Å². The largest absolute Gasteiger partial charge is 0.503 e. The molecule has 5 rings (SSSR count). The summed E-state index contributed by atoms with van der Waals surface area (Å²) in [5.74, 6) is 0.168. The zero-order valence-electron chi connectivity index (χ0n) is 14.4. The van der Waals surface area contributed by atoms with Gasteiger partial charge in [0.15, 0.2) is 5.76 Å². The van der Waals surface area contributed by atoms with Crippen molar-refractivity contribution in [3.63, 3.8) is 0 Å². The minimum atomic E-state index is 0.168. The van der Waals surface area contributed by atoms with Crippen LogP contribution in [-0.4, -0.2) is 14.1 Å². The van der Waals surface area contributed by atoms with Crippen molar-refractivity contribution < 1.29 is 9.51 Å². The quantitative estimate of drug-likeness (QED) is 0.380. The van der Waals surface area contributed by atoms with Crippen LogP contribution in [0.1, 0.15) is 5.56 Å². The lowest BCUT2D eigenvalue weighted by Gasteiger charge is -1.99. The third-order valence-electron chi connectivity index (χ3n) is 4.76. The van der Waals surface area contributed by atoms with Crippen molar-refractivity contribution in [3.8, 4) is 5.69 Å². The molecule has 3 aromatic heterocycles. The molecule has 3 heterocycles. The van der Waals surface area contributed by atoms with Gasteiger partial charge in [0.05, 0.1) is 0 Å². The maximum absolute atomic E-state index is 11.1. The van der Waals surface area contributed by atoms with Crippen molar-refractivity contribution in [2.24, 2.45) is 0 Å². The second-order valence-corrected chi connectivity index (χ2v) is 6.72. The Bertz CT molecular complexity index is 1390. The lowest BCUT2D eigenvalue weighted by atomic mass is 10.2. The third-order valence-corrected chi connectivity index (χ3v) is 5.13. The van der Waals surface area contributed by atoms with E-state index in [1.807, 2.05) is 105 Å². The van der Waals surface area contributed by atoms with Crippen LogP contribution in [0.2, 0.25) is 0 Å². The van der Waals surface area contributed by atoms with Crippen molar-refractivity contribution in [2.75, 3.05) is 0 Å². The molecule has 1 N–H and O–H groups in total. The van der Waals surface area contributed by atoms with E-state index in [-0.39, 0.29) is 5.76 Å². The second-order valence-electron chi connectivity index (χ2n) is 6.33. The van der Waals surface area contributed by atoms with Gasteiger partial charge in [-0.3, -0.25) is 0 Å². The molecular formula is C22H16N3OS+. The number of imidazole rings is 1. The lowest BCUT2D eigenvalue weighted by molar-refractivity contribution is -0.526. The van der Waals surface area contributed by atoms with Gasteiger partial charge < -0.3 is 9.51 Å². The summed E-state index contributed by atoms with van der Waals surface area (Å²) in [5.41, 5.74) is 3.62. The van der Waals surface area contributed by atoms with E-state index in [4.69, 9.17) is 12.2 Å². The average Bonchev–Trinajstić information content (AvgIpc) is 3.30. The zero-order valence-corrected chi connectivity index (χ0v) is 15.2. The molecule has 0 fully saturated rings. The number of hydrogen-bond acceptors (Lipinski definition) is 2. The van der Waals surface area contributed by atoms with Crippen molar-refractivity contribution in [1.29, 1.82) is 0 Å². The Balaban J connectivity index is 2.03. The topological polar surface area (TPSA) is 33.7 Å². The minimum absolute atomic E-state index is 0.168. The third kappa shape index (κ3) is 2.36. The Morgan fingerprint density at radius 1 is 0.852 bits per heavy atom. The van der Waals surface area contributed by atoms with Gasteiger partial charge >= 0.3 is 5.65 Å². The Kier molecular flexibility index (Phi) is 3.55. The predicted octanol–water partition coefficient (Wildman–Crippen LogP) is 3.63. The van der Waals surface area contributed by atoms with Crippen LogP contribution in [0.3, 0.4) is 0 Å². The zero-order chi connectivity index (χ0) is 18.4. The molecule has 5 heteroatoms. The number of aliphatic hydroxyl groups is 1. The summed E-state index contributed by atoms with van der Waals surface area (Å²) < 4.78 is 6.59. The number of aliphatic hydroxyl groups excluding tert-OH is 1. The highest BCUT2D eigenvalue weighted by Gasteiger charge is 2.24. The summed E-state index contributed by atoms with van der Waals surface area (Å²) in [6, 6.07) is 23.5. The van der Waals surface area contributed by atoms with E-state index in [1.54, 1.807) is 0 Å². The molecule has 0 aliphatic rings. The summed E-state index contributed by atoms with van der Waals surface area (Å²) >= 11 is 5.84. The standard InChI is InChI=1S/C22H15N3OS/c26-20(16-8-3-1-4-9-16)19-22(27)25(17-10-5-2-6-11-17)21-18-12-7-13-23(18)14-15-24(19)21/h1-15H/p+1. The average molecular weight is 370 g/mol. The molecule has 0 unspecified atom stereocenters. The molecule has 0 atom stereocenters. The number of benzene rings is 2. The molecule has 5 aromatic rings. The van der Waals surface area contributed by atoms with Crippen LogP contribution in [0.4, 0.5) is 0 Å². The minimum Gasteiger partial charge on any atom is -0.503 e. The number of aromatic nitrogens is 3. The summed E-state index contributed by atoms with van der Waals surface area (Å²) in [6.07, 6.45) is 5.90. The molecule has 0 amide bonds. The summed E-state index contributed by atoms with van der Waals surface area (Å²) in [7, 11) is 0. The van der Waals surface area contributed by atoms with Gasteiger partial charge in [0.25, 0.3) is 0 Å². The lowest BCUT2D eigenvalue weighted by Crippen LogP contribution is -2.39. The SMILES string of the molecule is O/C(c1ccccc1)=c1/c(=S)n(-c2ccccc2)c2c3cccn3cc[n+]12. The maximum atomic E-state index is 11.1. The first-order valence-corrected chi connectivity index (χ1v) is 9.06. The molecule has 0 aliphatic heterocycles. The van der Waals surface area contributed by atoms with E-state index in [2.05, 4.69) is 0 Å². The normalized spacial score (nSPS) is 12.6. The van der Waals surface area contributed by atoms with Gasteiger partial charge in [-0.25, -0.2) is 0 Å². The van der Waals surface area contributed by atoms with Crippen LogP contribution >= 0.6 is 12.2 Å². The molecule has 2 aromatic carbocycles. The van der Waals surface area contributed by atoms with Crippen LogP contribution in [0.15, 0.2) is 91.4 Å². The van der Waals surface area contributed by atoms with Gasteiger partial charge in [-0.05, 0) is 36.5 Å². The highest BCUT2D eigenvalue weighted by molar-refractivity contribution is 7.71. The fraction of sp³-hybridized carbons (Fsp3) is 0. The Hall–Kier alpha value is -3.44. The first-order valence-electron chi connectivity index (χ1n) is 8.65. The number of rotatable bonds is 2. The molecule has 130 valence electrons. The predicted molar refractivity (Wildman–Crippen MR) is 108 cm³/mol. The van der Waals surface area contributed by atoms with Gasteiger partial charge in [-0.15, -0.1) is 0 Å². The van der Waals surface area contributed by atoms with Crippen LogP contribution in [0.5, 0.6) is 0 Å². The second kappa shape index (κ2) is 6.07. The van der Waals surface area contributed by atoms with Gasteiger partial charge in [0.2, 0.25) is 9.99 Å². The molecule has 0 saturated carbocycles. The number of para-hydroxylation sites is 1. The monoisotopic (exact) mass is 370 g/mol. The van der Waals surface area contributed by atoms with Gasteiger partial charge in [0.1, 0.15) is 17.4 Å². The Morgan fingerprint density at radius 3 is 2.30 bits per heavy atom. The van der Waals surface area contributed by atoms with Crippen LogP contribution < -0.4 is 9.75 Å². The van der Waals surface area contributed by atoms with Gasteiger partial charge in [-0.1, -0.05) is 48.5 Å². The number of fused-ring (bicyclic) bond motifs is 3. The fourth-order valence-corrected chi connectivity index (χ4v) is 3.91. The first kappa shape index (κ1) is 15.8. The molecular weight excluding hydrogens is 354 g/mol. The van der Waals surface area contributed by atoms with Crippen molar-refractivity contribution in [3.05, 3.63) is 107 Å². The molecule has 0 saturated heterocycles. The molecule has 0 bridgehead atoms. The Morgan fingerprint density at radius 2 is 1.56 bits per heavy atom. The molecule has 0 spiro atoms. The molecule has 0 radical (unpaired) electrons. The van der Waals surface area contributed by atoms with Gasteiger partial charge in [-0.2, -0.15) is 8.97 Å². The summed E-state index contributed by atoms with van der Waals surface area (Å²) in [5, 5.41) is 11.7. The van der Waals surface area contributed by atoms with E-state index in [1.165, 1.54) is 0 Å². The van der Waals surface area contributed by atoms with Crippen LogP contribution in [0.25, 0.3) is 22.6 Å². The number of nitrogens with zero attached hydrogens (tertiary/aromatic N) is 3. The highest BCUT2D eigenvalue weighted by Crippen LogP contribution is 2.16. The van der Waals surface area contributed by atoms with E-state index >= 15 is 0 Å². The fourth-order valence-electron chi connectivity index (χ4n) is 3.52. The number of hydrogen-bond donors (Lipinski definition) is 1. The highest BCUT2D eigenvalue weighted by atomic mass is 32.1. The Labute approximate surface area is 160 Å². The van der Waals surface area contributed by atoms with E-state index in [0.29, 0.717) is 9.99 Å². The molecule has 0 aliphatic carbocycles. The summed E-state index contributed by atoms with van der Waals surface area (Å²) in [4.78, 5) is 0. The van der Waals surface area contributed by atoms with Crippen LogP contribution in [-0.2, 0) is 0 Å². The first-order chi connectivity index (χ1) is 13.3. The van der Waals surface area contributed by atoms with Crippen molar-refractivity contribution in [2.45, 2.75) is 0 Å². The maximum Gasteiger partial charge on any atom is 0.317 e. The summed E-state index contributed by atoms with van der Waals surface area (Å²) in [6.45, 7) is 0.